The first-order valence-corrected chi connectivity index (χ1v) is 11.9. The van der Waals surface area contributed by atoms with Crippen molar-refractivity contribution in [1.82, 2.24) is 19.6 Å². The second-order valence-electron chi connectivity index (χ2n) is 8.38. The molecule has 3 aliphatic rings. The summed E-state index contributed by atoms with van der Waals surface area (Å²) in [7, 11) is -2.05. The van der Waals surface area contributed by atoms with Crippen LogP contribution in [0.25, 0.3) is 0 Å². The molecule has 2 heterocycles. The van der Waals surface area contributed by atoms with E-state index in [1.54, 1.807) is 17.3 Å². The van der Waals surface area contributed by atoms with Gasteiger partial charge in [0.1, 0.15) is 5.82 Å². The maximum atomic E-state index is 12.1. The van der Waals surface area contributed by atoms with Crippen molar-refractivity contribution in [3.05, 3.63) is 24.3 Å². The Morgan fingerprint density at radius 2 is 2.10 bits per heavy atom. The third kappa shape index (κ3) is 4.24. The number of amides is 1. The van der Waals surface area contributed by atoms with E-state index in [4.69, 9.17) is 9.47 Å². The Kier molecular flexibility index (Phi) is 5.52. The van der Waals surface area contributed by atoms with Gasteiger partial charge in [0.15, 0.2) is 0 Å². The van der Waals surface area contributed by atoms with Crippen LogP contribution in [-0.2, 0) is 24.9 Å². The first kappa shape index (κ1) is 20.5. The minimum absolute atomic E-state index is 0.0957. The van der Waals surface area contributed by atoms with Gasteiger partial charge in [0.05, 0.1) is 32.1 Å². The van der Waals surface area contributed by atoms with Gasteiger partial charge in [0.2, 0.25) is 10.0 Å². The highest BCUT2D eigenvalue weighted by Crippen LogP contribution is 2.61. The summed E-state index contributed by atoms with van der Waals surface area (Å²) in [6, 6.07) is 1.09. The quantitative estimate of drug-likeness (QED) is 0.727. The highest BCUT2D eigenvalue weighted by atomic mass is 32.2. The number of rotatable bonds is 6. The SMILES string of the molecule is COC(=O)N1CC[C@H](NS(C)(=O)=O)[C@@H]1COC1CCC2(c3ncccn3)CC2C1. The number of likely N-dealkylation sites (tertiary alicyclic amines) is 1. The lowest BCUT2D eigenvalue weighted by Gasteiger charge is -2.31. The molecule has 1 aromatic heterocycles. The number of ether oxygens (including phenoxy) is 2. The number of fused-ring (bicyclic) bond motifs is 1. The third-order valence-corrected chi connectivity index (χ3v) is 7.26. The fourth-order valence-corrected chi connectivity index (χ4v) is 5.82. The predicted molar refractivity (Wildman–Crippen MR) is 105 cm³/mol. The first-order valence-electron chi connectivity index (χ1n) is 10.0. The molecule has 5 atom stereocenters. The maximum Gasteiger partial charge on any atom is 0.409 e. The summed E-state index contributed by atoms with van der Waals surface area (Å²) < 4.78 is 37.1. The van der Waals surface area contributed by atoms with Gasteiger partial charge in [0.25, 0.3) is 0 Å². The van der Waals surface area contributed by atoms with Crippen molar-refractivity contribution < 1.29 is 22.7 Å². The van der Waals surface area contributed by atoms with E-state index in [0.717, 1.165) is 37.8 Å². The van der Waals surface area contributed by atoms with E-state index in [9.17, 15) is 13.2 Å². The van der Waals surface area contributed by atoms with Crippen molar-refractivity contribution >= 4 is 16.1 Å². The number of nitrogens with zero attached hydrogens (tertiary/aromatic N) is 3. The Morgan fingerprint density at radius 1 is 1.34 bits per heavy atom. The van der Waals surface area contributed by atoms with E-state index in [2.05, 4.69) is 14.7 Å². The van der Waals surface area contributed by atoms with Crippen LogP contribution in [0.2, 0.25) is 0 Å². The molecule has 3 unspecified atom stereocenters. The Bertz CT molecular complexity index is 851. The molecule has 1 N–H and O–H groups in total. The first-order chi connectivity index (χ1) is 13.8. The van der Waals surface area contributed by atoms with Gasteiger partial charge in [-0.3, -0.25) is 0 Å². The predicted octanol–water partition coefficient (Wildman–Crippen LogP) is 1.06. The van der Waals surface area contributed by atoms with Crippen LogP contribution in [0.5, 0.6) is 0 Å². The van der Waals surface area contributed by atoms with Crippen LogP contribution in [0.4, 0.5) is 4.79 Å². The maximum absolute atomic E-state index is 12.1. The number of carbonyl (C=O) groups is 1. The van der Waals surface area contributed by atoms with Crippen molar-refractivity contribution in [2.45, 2.75) is 55.7 Å². The lowest BCUT2D eigenvalue weighted by atomic mass is 9.86. The smallest absolute Gasteiger partial charge is 0.409 e. The Labute approximate surface area is 171 Å². The summed E-state index contributed by atoms with van der Waals surface area (Å²) in [6.45, 7) is 0.726. The molecule has 1 aliphatic heterocycles. The number of nitrogens with one attached hydrogen (secondary N) is 1. The molecule has 4 rings (SSSR count). The van der Waals surface area contributed by atoms with Crippen LogP contribution in [0.3, 0.4) is 0 Å². The van der Waals surface area contributed by atoms with E-state index in [0.29, 0.717) is 18.9 Å². The average molecular weight is 425 g/mol. The van der Waals surface area contributed by atoms with Gasteiger partial charge in [-0.1, -0.05) is 0 Å². The molecule has 3 fully saturated rings. The summed E-state index contributed by atoms with van der Waals surface area (Å²) >= 11 is 0. The zero-order valence-electron chi connectivity index (χ0n) is 16.8. The van der Waals surface area contributed by atoms with Gasteiger partial charge in [-0.15, -0.1) is 0 Å². The van der Waals surface area contributed by atoms with Crippen molar-refractivity contribution in [3.63, 3.8) is 0 Å². The van der Waals surface area contributed by atoms with Crippen LogP contribution < -0.4 is 4.72 Å². The molecule has 1 aromatic rings. The molecular weight excluding hydrogens is 396 g/mol. The van der Waals surface area contributed by atoms with Gasteiger partial charge in [-0.05, 0) is 44.1 Å². The Hall–Kier alpha value is -1.78. The molecular formula is C19H28N4O5S. The molecule has 0 aromatic carbocycles. The highest BCUT2D eigenvalue weighted by molar-refractivity contribution is 7.88. The van der Waals surface area contributed by atoms with Gasteiger partial charge in [-0.2, -0.15) is 0 Å². The van der Waals surface area contributed by atoms with E-state index in [-0.39, 0.29) is 30.2 Å². The molecule has 2 saturated carbocycles. The third-order valence-electron chi connectivity index (χ3n) is 6.53. The van der Waals surface area contributed by atoms with Gasteiger partial charge in [0, 0.05) is 30.4 Å². The number of sulfonamides is 1. The number of methoxy groups -OCH3 is 1. The monoisotopic (exact) mass is 424 g/mol. The molecule has 0 bridgehead atoms. The molecule has 160 valence electrons. The molecule has 9 nitrogen and oxygen atoms in total. The summed E-state index contributed by atoms with van der Waals surface area (Å²) in [5, 5.41) is 0. The second-order valence-corrected chi connectivity index (χ2v) is 10.2. The summed E-state index contributed by atoms with van der Waals surface area (Å²) in [6.07, 6.45) is 8.83. The molecule has 29 heavy (non-hydrogen) atoms. The number of hydrogen-bond acceptors (Lipinski definition) is 7. The standard InChI is InChI=1S/C19H28N4O5S/c1-27-18(24)23-9-5-15(22-29(2,25)26)16(23)12-28-14-4-6-19(11-13(19)10-14)17-20-7-3-8-21-17/h3,7-8,13-16,22H,4-6,9-12H2,1-2H3/t13?,14?,15-,16-,19?/m0/s1. The lowest BCUT2D eigenvalue weighted by molar-refractivity contribution is -0.00710. The zero-order chi connectivity index (χ0) is 20.6. The molecule has 0 radical (unpaired) electrons. The minimum atomic E-state index is -3.38. The van der Waals surface area contributed by atoms with E-state index >= 15 is 0 Å². The molecule has 2 aliphatic carbocycles. The largest absolute Gasteiger partial charge is 0.453 e. The van der Waals surface area contributed by atoms with Crippen molar-refractivity contribution in [2.24, 2.45) is 5.92 Å². The van der Waals surface area contributed by atoms with E-state index in [1.807, 2.05) is 6.07 Å². The second kappa shape index (κ2) is 7.81. The summed E-state index contributed by atoms with van der Waals surface area (Å²) in [5.74, 6) is 1.46. The summed E-state index contributed by atoms with van der Waals surface area (Å²) in [4.78, 5) is 22.6. The van der Waals surface area contributed by atoms with Crippen LogP contribution in [0.15, 0.2) is 18.5 Å². The number of carbonyl (C=O) groups excluding carboxylic acids is 1. The number of hydrogen-bond donors (Lipinski definition) is 1. The highest BCUT2D eigenvalue weighted by Gasteiger charge is 2.59. The fraction of sp³-hybridized carbons (Fsp3) is 0.737. The van der Waals surface area contributed by atoms with Crippen LogP contribution >= 0.6 is 0 Å². The van der Waals surface area contributed by atoms with Crippen molar-refractivity contribution in [1.29, 1.82) is 0 Å². The van der Waals surface area contributed by atoms with Crippen molar-refractivity contribution in [2.75, 3.05) is 26.5 Å². The zero-order valence-corrected chi connectivity index (χ0v) is 17.6. The van der Waals surface area contributed by atoms with E-state index < -0.39 is 16.1 Å². The van der Waals surface area contributed by atoms with Gasteiger partial charge >= 0.3 is 6.09 Å². The van der Waals surface area contributed by atoms with Crippen LogP contribution in [0.1, 0.15) is 37.9 Å². The lowest BCUT2D eigenvalue weighted by Crippen LogP contribution is -2.49. The van der Waals surface area contributed by atoms with Gasteiger partial charge < -0.3 is 14.4 Å². The average Bonchev–Trinajstić information content (AvgIpc) is 3.32. The molecule has 1 amide bonds. The van der Waals surface area contributed by atoms with Crippen LogP contribution in [-0.4, -0.2) is 74.1 Å². The topological polar surface area (TPSA) is 111 Å². The Morgan fingerprint density at radius 3 is 2.76 bits per heavy atom. The molecule has 10 heteroatoms. The van der Waals surface area contributed by atoms with E-state index in [1.165, 1.54) is 7.11 Å². The van der Waals surface area contributed by atoms with Crippen LogP contribution in [0, 0.1) is 5.92 Å². The Balaban J connectivity index is 1.36. The fourth-order valence-electron chi connectivity index (χ4n) is 4.99. The minimum Gasteiger partial charge on any atom is -0.453 e. The molecule has 0 spiro atoms. The normalized spacial score (nSPS) is 33.9. The summed E-state index contributed by atoms with van der Waals surface area (Å²) in [5.41, 5.74) is 0.104. The van der Waals surface area contributed by atoms with Crippen molar-refractivity contribution in [3.8, 4) is 0 Å². The molecule has 1 saturated heterocycles. The number of aromatic nitrogens is 2. The van der Waals surface area contributed by atoms with Gasteiger partial charge in [-0.25, -0.2) is 27.9 Å².